The number of hydrogen-bond donors (Lipinski definition) is 2. The number of anilines is 1. The van der Waals surface area contributed by atoms with Gasteiger partial charge in [0.1, 0.15) is 5.01 Å². The minimum absolute atomic E-state index is 0.169. The Balaban J connectivity index is 2.01. The highest BCUT2D eigenvalue weighted by Gasteiger charge is 2.12. The maximum absolute atomic E-state index is 12.3. The van der Waals surface area contributed by atoms with Crippen LogP contribution in [-0.4, -0.2) is 25.7 Å². The lowest BCUT2D eigenvalue weighted by Gasteiger charge is -2.07. The Bertz CT molecular complexity index is 1020. The van der Waals surface area contributed by atoms with Gasteiger partial charge in [0.25, 0.3) is 11.5 Å². The molecule has 0 saturated heterocycles. The van der Waals surface area contributed by atoms with E-state index in [1.54, 1.807) is 18.2 Å². The molecular weight excluding hydrogens is 334 g/mol. The summed E-state index contributed by atoms with van der Waals surface area (Å²) in [5, 5.41) is 12.1. The first-order valence-electron chi connectivity index (χ1n) is 6.88. The first kappa shape index (κ1) is 15.5. The molecule has 0 fully saturated rings. The largest absolute Gasteiger partial charge is 0.332 e. The molecule has 0 radical (unpaired) electrons. The fourth-order valence-electron chi connectivity index (χ4n) is 2.20. The van der Waals surface area contributed by atoms with E-state index in [-0.39, 0.29) is 11.5 Å². The molecule has 3 rings (SSSR count). The van der Waals surface area contributed by atoms with Crippen molar-refractivity contribution in [2.24, 2.45) is 0 Å². The number of fused-ring (bicyclic) bond motifs is 1. The number of carbonyl (C=O) groups is 1. The van der Waals surface area contributed by atoms with Gasteiger partial charge in [-0.2, -0.15) is 0 Å². The number of aromatic nitrogens is 4. The van der Waals surface area contributed by atoms with Crippen molar-refractivity contribution in [3.63, 3.8) is 0 Å². The highest BCUT2D eigenvalue weighted by Crippen LogP contribution is 2.16. The van der Waals surface area contributed by atoms with Crippen molar-refractivity contribution in [1.82, 2.24) is 19.7 Å². The number of nitrogens with one attached hydrogen (secondary N) is 2. The number of amides is 1. The third-order valence-electron chi connectivity index (χ3n) is 3.31. The lowest BCUT2D eigenvalue weighted by Crippen LogP contribution is -2.21. The van der Waals surface area contributed by atoms with Crippen LogP contribution in [0, 0.1) is 11.7 Å². The van der Waals surface area contributed by atoms with Gasteiger partial charge in [0.15, 0.2) is 4.77 Å². The SMILES string of the molecule is CCn1c(=S)[nH]c2cc(C(=O)Nc3nnc(C)s3)ccc2c1=O. The lowest BCUT2D eigenvalue weighted by atomic mass is 10.1. The van der Waals surface area contributed by atoms with Crippen LogP contribution in [0.4, 0.5) is 5.13 Å². The van der Waals surface area contributed by atoms with Crippen molar-refractivity contribution in [2.75, 3.05) is 5.32 Å². The molecule has 0 saturated carbocycles. The van der Waals surface area contributed by atoms with Gasteiger partial charge in [0, 0.05) is 12.1 Å². The van der Waals surface area contributed by atoms with Crippen LogP contribution in [0.25, 0.3) is 10.9 Å². The molecule has 0 aliphatic carbocycles. The van der Waals surface area contributed by atoms with Crippen LogP contribution in [0.15, 0.2) is 23.0 Å². The molecule has 2 N–H and O–H groups in total. The van der Waals surface area contributed by atoms with Crippen LogP contribution in [0.1, 0.15) is 22.3 Å². The predicted molar refractivity (Wildman–Crippen MR) is 91.7 cm³/mol. The number of H-pyrrole nitrogens is 1. The molecule has 0 bridgehead atoms. The summed E-state index contributed by atoms with van der Waals surface area (Å²) in [4.78, 5) is 27.6. The van der Waals surface area contributed by atoms with E-state index in [0.29, 0.717) is 32.9 Å². The van der Waals surface area contributed by atoms with Gasteiger partial charge in [-0.15, -0.1) is 10.2 Å². The van der Waals surface area contributed by atoms with Crippen molar-refractivity contribution in [1.29, 1.82) is 0 Å². The van der Waals surface area contributed by atoms with Crippen LogP contribution in [0.5, 0.6) is 0 Å². The average Bonchev–Trinajstić information content (AvgIpc) is 2.92. The quantitative estimate of drug-likeness (QED) is 0.710. The zero-order valence-electron chi connectivity index (χ0n) is 12.4. The normalized spacial score (nSPS) is 10.9. The van der Waals surface area contributed by atoms with E-state index in [0.717, 1.165) is 5.01 Å². The summed E-state index contributed by atoms with van der Waals surface area (Å²) in [5.41, 5.74) is 0.772. The average molecular weight is 347 g/mol. The maximum Gasteiger partial charge on any atom is 0.262 e. The molecule has 1 amide bonds. The molecule has 1 aromatic carbocycles. The topological polar surface area (TPSA) is 92.7 Å². The number of rotatable bonds is 3. The Labute approximate surface area is 140 Å². The molecule has 9 heteroatoms. The first-order chi connectivity index (χ1) is 11.0. The van der Waals surface area contributed by atoms with E-state index in [9.17, 15) is 9.59 Å². The van der Waals surface area contributed by atoms with Gasteiger partial charge < -0.3 is 4.98 Å². The molecule has 2 heterocycles. The van der Waals surface area contributed by atoms with Crippen molar-refractivity contribution >= 4 is 45.5 Å². The summed E-state index contributed by atoms with van der Waals surface area (Å²) in [6.45, 7) is 4.15. The molecular formula is C14H13N5O2S2. The standard InChI is InChI=1S/C14H13N5O2S2/c1-3-19-12(21)9-5-4-8(6-10(9)15-14(19)22)11(20)16-13-18-17-7(2)23-13/h4-6H,3H2,1-2H3,(H,15,22)(H,16,18,20). The summed E-state index contributed by atoms with van der Waals surface area (Å²) in [6, 6.07) is 4.83. The van der Waals surface area contributed by atoms with E-state index < -0.39 is 0 Å². The van der Waals surface area contributed by atoms with E-state index in [1.165, 1.54) is 15.9 Å². The van der Waals surface area contributed by atoms with Gasteiger partial charge in [0.05, 0.1) is 10.9 Å². The second-order valence-corrected chi connectivity index (χ2v) is 6.39. The van der Waals surface area contributed by atoms with Crippen LogP contribution < -0.4 is 10.9 Å². The third kappa shape index (κ3) is 2.92. The molecule has 23 heavy (non-hydrogen) atoms. The molecule has 0 atom stereocenters. The van der Waals surface area contributed by atoms with E-state index in [4.69, 9.17) is 12.2 Å². The van der Waals surface area contributed by atoms with Crippen LogP contribution in [0.2, 0.25) is 0 Å². The Morgan fingerprint density at radius 2 is 2.22 bits per heavy atom. The first-order valence-corrected chi connectivity index (χ1v) is 8.10. The molecule has 2 aromatic heterocycles. The van der Waals surface area contributed by atoms with Gasteiger partial charge in [0.2, 0.25) is 5.13 Å². The second kappa shape index (κ2) is 6.01. The van der Waals surface area contributed by atoms with Gasteiger partial charge >= 0.3 is 0 Å². The zero-order valence-corrected chi connectivity index (χ0v) is 14.0. The summed E-state index contributed by atoms with van der Waals surface area (Å²) >= 11 is 6.47. The van der Waals surface area contributed by atoms with E-state index in [2.05, 4.69) is 20.5 Å². The van der Waals surface area contributed by atoms with E-state index >= 15 is 0 Å². The smallest absolute Gasteiger partial charge is 0.262 e. The molecule has 0 spiro atoms. The number of nitrogens with zero attached hydrogens (tertiary/aromatic N) is 3. The minimum atomic E-state index is -0.318. The molecule has 0 unspecified atom stereocenters. The Morgan fingerprint density at radius 3 is 2.87 bits per heavy atom. The summed E-state index contributed by atoms with van der Waals surface area (Å²) in [5.74, 6) is -0.318. The van der Waals surface area contributed by atoms with Crippen molar-refractivity contribution in [3.8, 4) is 0 Å². The van der Waals surface area contributed by atoms with Gasteiger partial charge in [-0.25, -0.2) is 0 Å². The minimum Gasteiger partial charge on any atom is -0.332 e. The predicted octanol–water partition coefficient (Wildman–Crippen LogP) is 2.49. The van der Waals surface area contributed by atoms with Crippen molar-refractivity contribution in [2.45, 2.75) is 20.4 Å². The van der Waals surface area contributed by atoms with Crippen molar-refractivity contribution in [3.05, 3.63) is 43.9 Å². The molecule has 0 aliphatic heterocycles. The molecule has 7 nitrogen and oxygen atoms in total. The van der Waals surface area contributed by atoms with Gasteiger partial charge in [-0.05, 0) is 44.3 Å². The molecule has 118 valence electrons. The second-order valence-electron chi connectivity index (χ2n) is 4.82. The van der Waals surface area contributed by atoms with Crippen molar-refractivity contribution < 1.29 is 4.79 Å². The highest BCUT2D eigenvalue weighted by molar-refractivity contribution is 7.71. The fraction of sp³-hybridized carbons (Fsp3) is 0.214. The lowest BCUT2D eigenvalue weighted by molar-refractivity contribution is 0.102. The Hall–Kier alpha value is -2.39. The number of carbonyl (C=O) groups excluding carboxylic acids is 1. The van der Waals surface area contributed by atoms with Crippen LogP contribution in [-0.2, 0) is 6.54 Å². The molecule has 0 aliphatic rings. The number of benzene rings is 1. The van der Waals surface area contributed by atoms with Gasteiger partial charge in [-0.3, -0.25) is 19.5 Å². The van der Waals surface area contributed by atoms with Gasteiger partial charge in [-0.1, -0.05) is 11.3 Å². The fourth-order valence-corrected chi connectivity index (χ4v) is 3.11. The molecule has 3 aromatic rings. The zero-order chi connectivity index (χ0) is 16.6. The highest BCUT2D eigenvalue weighted by atomic mass is 32.1. The van der Waals surface area contributed by atoms with Crippen LogP contribution >= 0.6 is 23.6 Å². The summed E-state index contributed by atoms with van der Waals surface area (Å²) in [7, 11) is 0. The van der Waals surface area contributed by atoms with Crippen LogP contribution in [0.3, 0.4) is 0 Å². The number of aromatic amines is 1. The Morgan fingerprint density at radius 1 is 1.43 bits per heavy atom. The summed E-state index contributed by atoms with van der Waals surface area (Å²) < 4.78 is 1.81. The monoisotopic (exact) mass is 347 g/mol. The van der Waals surface area contributed by atoms with E-state index in [1.807, 2.05) is 13.8 Å². The maximum atomic E-state index is 12.3. The Kier molecular flexibility index (Phi) is 4.05. The number of aryl methyl sites for hydroxylation is 1. The summed E-state index contributed by atoms with van der Waals surface area (Å²) in [6.07, 6.45) is 0. The number of hydrogen-bond acceptors (Lipinski definition) is 6. The third-order valence-corrected chi connectivity index (χ3v) is 4.38.